The zero-order valence-corrected chi connectivity index (χ0v) is 15.8. The van der Waals surface area contributed by atoms with Crippen LogP contribution < -0.4 is 5.32 Å². The fraction of sp³-hybridized carbons (Fsp3) is 0.722. The van der Waals surface area contributed by atoms with Gasteiger partial charge in [-0.2, -0.15) is 11.3 Å². The van der Waals surface area contributed by atoms with Crippen LogP contribution in [0.25, 0.3) is 0 Å². The van der Waals surface area contributed by atoms with Crippen molar-refractivity contribution in [2.75, 3.05) is 13.1 Å². The molecule has 4 nitrogen and oxygen atoms in total. The molecule has 2 rings (SSSR count). The van der Waals surface area contributed by atoms with Crippen molar-refractivity contribution in [3.63, 3.8) is 0 Å². The Labute approximate surface area is 144 Å². The number of thiophene rings is 1. The Kier molecular flexibility index (Phi) is 6.09. The van der Waals surface area contributed by atoms with Crippen LogP contribution >= 0.6 is 11.3 Å². The van der Waals surface area contributed by atoms with Gasteiger partial charge >= 0.3 is 6.09 Å². The molecule has 5 heteroatoms. The van der Waals surface area contributed by atoms with E-state index in [1.54, 1.807) is 11.3 Å². The predicted octanol–water partition coefficient (Wildman–Crippen LogP) is 4.18. The predicted molar refractivity (Wildman–Crippen MR) is 95.9 cm³/mol. The average Bonchev–Trinajstić information content (AvgIpc) is 2.88. The number of aryl methyl sites for hydroxylation is 1. The van der Waals surface area contributed by atoms with Crippen molar-refractivity contribution in [1.29, 1.82) is 0 Å². The van der Waals surface area contributed by atoms with Crippen LogP contribution in [0.5, 0.6) is 0 Å². The van der Waals surface area contributed by atoms with Crippen molar-refractivity contribution in [2.45, 2.75) is 65.6 Å². The van der Waals surface area contributed by atoms with Gasteiger partial charge in [-0.25, -0.2) is 4.79 Å². The molecule has 1 aliphatic heterocycles. The minimum Gasteiger partial charge on any atom is -0.444 e. The first-order chi connectivity index (χ1) is 10.8. The van der Waals surface area contributed by atoms with Gasteiger partial charge in [-0.05, 0) is 75.3 Å². The van der Waals surface area contributed by atoms with Gasteiger partial charge in [0.1, 0.15) is 5.60 Å². The van der Waals surface area contributed by atoms with Crippen LogP contribution in [0.3, 0.4) is 0 Å². The van der Waals surface area contributed by atoms with Crippen molar-refractivity contribution in [3.05, 3.63) is 21.9 Å². The first-order valence-corrected chi connectivity index (χ1v) is 9.43. The molecule has 1 amide bonds. The molecule has 2 atom stereocenters. The van der Waals surface area contributed by atoms with E-state index in [1.807, 2.05) is 25.7 Å². The van der Waals surface area contributed by atoms with E-state index in [9.17, 15) is 4.79 Å². The lowest BCUT2D eigenvalue weighted by Gasteiger charge is -2.36. The average molecular weight is 339 g/mol. The van der Waals surface area contributed by atoms with Gasteiger partial charge in [0.05, 0.1) is 0 Å². The third-order valence-electron chi connectivity index (χ3n) is 4.39. The molecule has 0 radical (unpaired) electrons. The van der Waals surface area contributed by atoms with Gasteiger partial charge < -0.3 is 15.0 Å². The summed E-state index contributed by atoms with van der Waals surface area (Å²) in [5.41, 5.74) is 2.31. The van der Waals surface area contributed by atoms with Crippen molar-refractivity contribution < 1.29 is 9.53 Å². The Morgan fingerprint density at radius 1 is 1.48 bits per heavy atom. The molecular formula is C18H30N2O2S. The number of hydrogen-bond donors (Lipinski definition) is 1. The smallest absolute Gasteiger partial charge is 0.410 e. The van der Waals surface area contributed by atoms with Crippen LogP contribution in [0.2, 0.25) is 0 Å². The molecule has 0 saturated carbocycles. The van der Waals surface area contributed by atoms with Crippen LogP contribution in [0, 0.1) is 12.8 Å². The molecule has 1 N–H and O–H groups in total. The highest BCUT2D eigenvalue weighted by atomic mass is 32.1. The summed E-state index contributed by atoms with van der Waals surface area (Å²) >= 11 is 1.75. The van der Waals surface area contributed by atoms with Gasteiger partial charge in [0.25, 0.3) is 0 Å². The Hall–Kier alpha value is -1.07. The van der Waals surface area contributed by atoms with Gasteiger partial charge in [0.15, 0.2) is 0 Å². The monoisotopic (exact) mass is 338 g/mol. The molecule has 0 aromatic carbocycles. The van der Waals surface area contributed by atoms with E-state index in [0.29, 0.717) is 12.0 Å². The quantitative estimate of drug-likeness (QED) is 0.895. The van der Waals surface area contributed by atoms with E-state index in [4.69, 9.17) is 4.74 Å². The lowest BCUT2D eigenvalue weighted by molar-refractivity contribution is 0.0148. The zero-order valence-electron chi connectivity index (χ0n) is 15.0. The number of hydrogen-bond acceptors (Lipinski definition) is 4. The standard InChI is InChI=1S/C18H30N2O2S/c1-13-11-23-12-16(13)9-19-14(2)15-7-6-8-20(10-15)17(21)22-18(3,4)5/h11-12,14-15,19H,6-10H2,1-5H3. The Balaban J connectivity index is 1.85. The molecular weight excluding hydrogens is 308 g/mol. The molecule has 1 aromatic rings. The highest BCUT2D eigenvalue weighted by Crippen LogP contribution is 2.22. The van der Waals surface area contributed by atoms with E-state index in [-0.39, 0.29) is 6.09 Å². The molecule has 1 saturated heterocycles. The van der Waals surface area contributed by atoms with Crippen LogP contribution in [0.1, 0.15) is 51.7 Å². The number of amides is 1. The fourth-order valence-electron chi connectivity index (χ4n) is 2.92. The van der Waals surface area contributed by atoms with Gasteiger partial charge in [-0.15, -0.1) is 0 Å². The summed E-state index contributed by atoms with van der Waals surface area (Å²) in [6.07, 6.45) is 2.03. The van der Waals surface area contributed by atoms with E-state index in [1.165, 1.54) is 11.1 Å². The maximum absolute atomic E-state index is 12.3. The second-order valence-electron chi connectivity index (χ2n) is 7.58. The summed E-state index contributed by atoms with van der Waals surface area (Å²) in [6, 6.07) is 0.388. The summed E-state index contributed by atoms with van der Waals surface area (Å²) < 4.78 is 5.51. The van der Waals surface area contributed by atoms with Gasteiger partial charge in [0, 0.05) is 25.7 Å². The number of nitrogens with one attached hydrogen (secondary N) is 1. The van der Waals surface area contributed by atoms with Gasteiger partial charge in [-0.1, -0.05) is 0 Å². The van der Waals surface area contributed by atoms with Crippen LogP contribution in [-0.4, -0.2) is 35.7 Å². The van der Waals surface area contributed by atoms with E-state index >= 15 is 0 Å². The number of piperidine rings is 1. The number of rotatable bonds is 4. The van der Waals surface area contributed by atoms with E-state index in [0.717, 1.165) is 32.5 Å². The first-order valence-electron chi connectivity index (χ1n) is 8.49. The maximum atomic E-state index is 12.3. The first kappa shape index (κ1) is 18.3. The molecule has 1 aromatic heterocycles. The Morgan fingerprint density at radius 3 is 2.83 bits per heavy atom. The summed E-state index contributed by atoms with van der Waals surface area (Å²) in [5, 5.41) is 8.03. The van der Waals surface area contributed by atoms with Crippen LogP contribution in [0.4, 0.5) is 4.79 Å². The normalized spacial score (nSPS) is 20.4. The van der Waals surface area contributed by atoms with Gasteiger partial charge in [0.2, 0.25) is 0 Å². The van der Waals surface area contributed by atoms with Crippen molar-refractivity contribution in [3.8, 4) is 0 Å². The number of carbonyl (C=O) groups is 1. The lowest BCUT2D eigenvalue weighted by atomic mass is 9.91. The minimum absolute atomic E-state index is 0.178. The summed E-state index contributed by atoms with van der Waals surface area (Å²) in [5.74, 6) is 0.482. The molecule has 1 fully saturated rings. The van der Waals surface area contributed by atoms with Crippen LogP contribution in [0.15, 0.2) is 10.8 Å². The summed E-state index contributed by atoms with van der Waals surface area (Å²) in [7, 11) is 0. The van der Waals surface area contributed by atoms with Crippen molar-refractivity contribution in [2.24, 2.45) is 5.92 Å². The third kappa shape index (κ3) is 5.50. The Morgan fingerprint density at radius 2 is 2.22 bits per heavy atom. The molecule has 23 heavy (non-hydrogen) atoms. The van der Waals surface area contributed by atoms with Crippen LogP contribution in [-0.2, 0) is 11.3 Å². The number of carbonyl (C=O) groups excluding carboxylic acids is 1. The minimum atomic E-state index is -0.426. The molecule has 0 spiro atoms. The molecule has 0 bridgehead atoms. The number of ether oxygens (including phenoxy) is 1. The number of nitrogens with zero attached hydrogens (tertiary/aromatic N) is 1. The lowest BCUT2D eigenvalue weighted by Crippen LogP contribution is -2.47. The zero-order chi connectivity index (χ0) is 17.0. The van der Waals surface area contributed by atoms with Gasteiger partial charge in [-0.3, -0.25) is 0 Å². The SMILES string of the molecule is Cc1cscc1CNC(C)C1CCCN(C(=O)OC(C)(C)C)C1. The highest BCUT2D eigenvalue weighted by molar-refractivity contribution is 7.08. The third-order valence-corrected chi connectivity index (χ3v) is 5.30. The molecule has 1 aliphatic rings. The topological polar surface area (TPSA) is 41.6 Å². The second kappa shape index (κ2) is 7.67. The molecule has 130 valence electrons. The second-order valence-corrected chi connectivity index (χ2v) is 8.32. The molecule has 2 heterocycles. The highest BCUT2D eigenvalue weighted by Gasteiger charge is 2.30. The van der Waals surface area contributed by atoms with E-state index < -0.39 is 5.60 Å². The van der Waals surface area contributed by atoms with E-state index in [2.05, 4.69) is 29.9 Å². The summed E-state index contributed by atoms with van der Waals surface area (Å²) in [6.45, 7) is 12.6. The number of likely N-dealkylation sites (tertiary alicyclic amines) is 1. The largest absolute Gasteiger partial charge is 0.444 e. The maximum Gasteiger partial charge on any atom is 0.410 e. The Bertz CT molecular complexity index is 521. The molecule has 0 aliphatic carbocycles. The van der Waals surface area contributed by atoms with Crippen molar-refractivity contribution >= 4 is 17.4 Å². The molecule has 2 unspecified atom stereocenters. The van der Waals surface area contributed by atoms with Crippen molar-refractivity contribution in [1.82, 2.24) is 10.2 Å². The fourth-order valence-corrected chi connectivity index (χ4v) is 3.77. The summed E-state index contributed by atoms with van der Waals surface area (Å²) in [4.78, 5) is 14.1.